The summed E-state index contributed by atoms with van der Waals surface area (Å²) < 4.78 is 25.9. The summed E-state index contributed by atoms with van der Waals surface area (Å²) in [6.07, 6.45) is 1.22. The van der Waals surface area contributed by atoms with Gasteiger partial charge in [-0.25, -0.2) is 0 Å². The molecule has 1 amide bonds. The molecular weight excluding hydrogens is 182 g/mol. The second-order valence-corrected chi connectivity index (χ2v) is 4.26. The predicted molar refractivity (Wildman–Crippen MR) is 46.1 cm³/mol. The minimum atomic E-state index is -3.67. The number of rotatable bonds is 2. The normalized spacial score (nSPS) is 10.4. The summed E-state index contributed by atoms with van der Waals surface area (Å²) in [5.41, 5.74) is 4.85. The Bertz CT molecular complexity index is 212. The van der Waals surface area contributed by atoms with Crippen LogP contribution in [0.2, 0.25) is 0 Å². The molecule has 0 aromatic carbocycles. The van der Waals surface area contributed by atoms with E-state index in [1.54, 1.807) is 0 Å². The molecule has 0 atom stereocenters. The van der Waals surface area contributed by atoms with E-state index in [-0.39, 0.29) is 5.91 Å². The average molecular weight is 197 g/mol. The fourth-order valence-corrected chi connectivity index (χ4v) is 0.402. The fraction of sp³-hybridized carbons (Fsp3) is 0.833. The Morgan fingerprint density at radius 3 is 1.75 bits per heavy atom. The van der Waals surface area contributed by atoms with Crippen LogP contribution < -0.4 is 5.73 Å². The smallest absolute Gasteiger partial charge is 0.261 e. The van der Waals surface area contributed by atoms with E-state index in [2.05, 4.69) is 0 Å². The molecule has 0 aromatic heterocycles. The van der Waals surface area contributed by atoms with Gasteiger partial charge >= 0.3 is 0 Å². The maximum absolute atomic E-state index is 10.0. The zero-order chi connectivity index (χ0) is 10.4. The summed E-state index contributed by atoms with van der Waals surface area (Å²) in [7, 11) is -3.67. The fourth-order valence-electron chi connectivity index (χ4n) is 0.402. The molecule has 0 aromatic rings. The van der Waals surface area contributed by atoms with Crippen LogP contribution in [0.5, 0.6) is 0 Å². The number of hydrogen-bond donors (Lipinski definition) is 2. The maximum Gasteiger partial charge on any atom is 0.261 e. The van der Waals surface area contributed by atoms with Crippen molar-refractivity contribution in [2.45, 2.75) is 20.3 Å². The van der Waals surface area contributed by atoms with E-state index in [0.29, 0.717) is 18.6 Å². The minimum absolute atomic E-state index is 0.213. The van der Waals surface area contributed by atoms with E-state index < -0.39 is 10.1 Å². The molecule has 0 bridgehead atoms. The highest BCUT2D eigenvalue weighted by Crippen LogP contribution is 1.95. The summed E-state index contributed by atoms with van der Waals surface area (Å²) in [5, 5.41) is 0. The van der Waals surface area contributed by atoms with Crippen molar-refractivity contribution in [1.82, 2.24) is 0 Å². The van der Waals surface area contributed by atoms with Crippen LogP contribution in [-0.2, 0) is 14.9 Å². The van der Waals surface area contributed by atoms with Gasteiger partial charge in [0.15, 0.2) is 0 Å². The number of amides is 1. The van der Waals surface area contributed by atoms with Crippen molar-refractivity contribution in [2.75, 3.05) is 6.26 Å². The lowest BCUT2D eigenvalue weighted by atomic mass is 10.1. The molecule has 0 radical (unpaired) electrons. The van der Waals surface area contributed by atoms with Gasteiger partial charge in [0.25, 0.3) is 10.1 Å². The highest BCUT2D eigenvalue weighted by molar-refractivity contribution is 7.85. The molecule has 74 valence electrons. The molecule has 0 aliphatic heterocycles. The highest BCUT2D eigenvalue weighted by Gasteiger charge is 1.96. The average Bonchev–Trinajstić information content (AvgIpc) is 1.52. The van der Waals surface area contributed by atoms with Crippen LogP contribution in [0.4, 0.5) is 0 Å². The van der Waals surface area contributed by atoms with Crippen molar-refractivity contribution in [3.63, 3.8) is 0 Å². The Kier molecular flexibility index (Phi) is 6.92. The molecule has 5 nitrogen and oxygen atoms in total. The van der Waals surface area contributed by atoms with Crippen molar-refractivity contribution in [1.29, 1.82) is 0 Å². The number of nitrogens with two attached hydrogens (primary N) is 1. The molecule has 0 saturated heterocycles. The number of primary amides is 1. The highest BCUT2D eigenvalue weighted by atomic mass is 32.2. The molecule has 0 saturated carbocycles. The van der Waals surface area contributed by atoms with Crippen molar-refractivity contribution >= 4 is 16.0 Å². The Labute approximate surface area is 72.7 Å². The molecule has 0 aliphatic rings. The number of carbonyl (C=O) groups excluding carboxylic acids is 1. The summed E-state index contributed by atoms with van der Waals surface area (Å²) >= 11 is 0. The number of hydrogen-bond acceptors (Lipinski definition) is 3. The van der Waals surface area contributed by atoms with Crippen LogP contribution in [0.25, 0.3) is 0 Å². The van der Waals surface area contributed by atoms with Gasteiger partial charge in [0.2, 0.25) is 5.91 Å². The van der Waals surface area contributed by atoms with Crippen LogP contribution in [0, 0.1) is 5.92 Å². The van der Waals surface area contributed by atoms with E-state index in [1.165, 1.54) is 0 Å². The molecule has 0 rings (SSSR count). The van der Waals surface area contributed by atoms with Gasteiger partial charge in [-0.15, -0.1) is 0 Å². The summed E-state index contributed by atoms with van der Waals surface area (Å²) in [6, 6.07) is 0. The van der Waals surface area contributed by atoms with Gasteiger partial charge < -0.3 is 5.73 Å². The third-order valence-corrected chi connectivity index (χ3v) is 0.609. The summed E-state index contributed by atoms with van der Waals surface area (Å²) in [6.45, 7) is 3.93. The predicted octanol–water partition coefficient (Wildman–Crippen LogP) is 0.0218. The Morgan fingerprint density at radius 2 is 1.75 bits per heavy atom. The lowest BCUT2D eigenvalue weighted by Gasteiger charge is -1.95. The van der Waals surface area contributed by atoms with Crippen molar-refractivity contribution in [2.24, 2.45) is 11.7 Å². The minimum Gasteiger partial charge on any atom is -0.370 e. The van der Waals surface area contributed by atoms with Crippen molar-refractivity contribution < 1.29 is 17.8 Å². The van der Waals surface area contributed by atoms with Gasteiger partial charge in [0, 0.05) is 6.42 Å². The second-order valence-electron chi connectivity index (χ2n) is 2.80. The molecule has 12 heavy (non-hydrogen) atoms. The topological polar surface area (TPSA) is 97.5 Å². The monoisotopic (exact) mass is 197 g/mol. The first-order chi connectivity index (χ1) is 5.13. The van der Waals surface area contributed by atoms with Gasteiger partial charge in [-0.05, 0) is 5.92 Å². The first-order valence-electron chi connectivity index (χ1n) is 3.33. The molecule has 0 aliphatic carbocycles. The SMILES string of the molecule is CC(C)CC(N)=O.CS(=O)(=O)O. The van der Waals surface area contributed by atoms with Crippen LogP contribution in [-0.4, -0.2) is 25.1 Å². The van der Waals surface area contributed by atoms with Crippen LogP contribution in [0.15, 0.2) is 0 Å². The van der Waals surface area contributed by atoms with Gasteiger partial charge in [-0.2, -0.15) is 8.42 Å². The van der Waals surface area contributed by atoms with E-state index in [9.17, 15) is 13.2 Å². The van der Waals surface area contributed by atoms with E-state index in [0.717, 1.165) is 0 Å². The molecule has 0 unspecified atom stereocenters. The van der Waals surface area contributed by atoms with Crippen LogP contribution >= 0.6 is 0 Å². The van der Waals surface area contributed by atoms with Gasteiger partial charge in [0.05, 0.1) is 6.26 Å². The van der Waals surface area contributed by atoms with Gasteiger partial charge in [0.1, 0.15) is 0 Å². The third kappa shape index (κ3) is 57.7. The summed E-state index contributed by atoms with van der Waals surface area (Å²) in [4.78, 5) is 10.0. The molecular formula is C6H15NO4S. The lowest BCUT2D eigenvalue weighted by Crippen LogP contribution is -2.12. The zero-order valence-electron chi connectivity index (χ0n) is 7.44. The van der Waals surface area contributed by atoms with E-state index in [4.69, 9.17) is 10.3 Å². The number of carbonyl (C=O) groups is 1. The lowest BCUT2D eigenvalue weighted by molar-refractivity contribution is -0.118. The van der Waals surface area contributed by atoms with E-state index in [1.807, 2.05) is 13.8 Å². The largest absolute Gasteiger partial charge is 0.370 e. The van der Waals surface area contributed by atoms with Crippen molar-refractivity contribution in [3.8, 4) is 0 Å². The van der Waals surface area contributed by atoms with Crippen LogP contribution in [0.3, 0.4) is 0 Å². The van der Waals surface area contributed by atoms with E-state index >= 15 is 0 Å². The molecule has 3 N–H and O–H groups in total. The van der Waals surface area contributed by atoms with Gasteiger partial charge in [-0.1, -0.05) is 13.8 Å². The molecule has 6 heteroatoms. The maximum atomic E-state index is 10.0. The molecule has 0 heterocycles. The molecule has 0 fully saturated rings. The second kappa shape index (κ2) is 5.96. The first-order valence-corrected chi connectivity index (χ1v) is 5.18. The Balaban J connectivity index is 0. The zero-order valence-corrected chi connectivity index (χ0v) is 8.26. The Hall–Kier alpha value is -0.620. The first kappa shape index (κ1) is 13.9. The standard InChI is InChI=1S/C5H11NO.CH4O3S/c1-4(2)3-5(6)7;1-5(2,3)4/h4H,3H2,1-2H3,(H2,6,7);1H3,(H,2,3,4). The van der Waals surface area contributed by atoms with Gasteiger partial charge in [-0.3, -0.25) is 9.35 Å². The quantitative estimate of drug-likeness (QED) is 0.610. The van der Waals surface area contributed by atoms with Crippen LogP contribution in [0.1, 0.15) is 20.3 Å². The summed E-state index contributed by atoms with van der Waals surface area (Å²) in [5.74, 6) is 0.188. The third-order valence-electron chi connectivity index (χ3n) is 0.609. The molecule has 0 spiro atoms. The van der Waals surface area contributed by atoms with Crippen molar-refractivity contribution in [3.05, 3.63) is 0 Å². The Morgan fingerprint density at radius 1 is 1.50 bits per heavy atom.